The monoisotopic (exact) mass is 822 g/mol. The number of aromatic amines is 1. The lowest BCUT2D eigenvalue weighted by Crippen LogP contribution is -2.54. The van der Waals surface area contributed by atoms with Crippen molar-refractivity contribution in [2.75, 3.05) is 47.5 Å². The lowest BCUT2D eigenvalue weighted by atomic mass is 10.00. The van der Waals surface area contributed by atoms with E-state index in [1.54, 1.807) is 29.4 Å². The standard InChI is InChI=1S/C44H51FN8O5S/c1-24(2)39(50-44(55)57-5)42(54)52-16-7-9-34(52)41-47-23-31(49-41)26-19-29(45)38-35-20-27-18-25(30-22-46-40(48-30)33-8-6-15-51(33)3)10-12-32(27)53(35)43(58-36(38)21-26)37-13-11-28(59-37)14-17-56-4/h10-13,18-22,24,31,33-34,39,43H,6-9,14-17,23H2,1-5H3,(H,46,48)(H,47,49)(H,50,55)/t31?,33?,34-,39?,43?/m0/s1. The highest BCUT2D eigenvalue weighted by molar-refractivity contribution is 7.12. The molecule has 4 unspecified atom stereocenters. The van der Waals surface area contributed by atoms with Gasteiger partial charge in [0.15, 0.2) is 0 Å². The van der Waals surface area contributed by atoms with E-state index in [9.17, 15) is 9.59 Å². The molecule has 310 valence electrons. The third-order valence-corrected chi connectivity index (χ3v) is 13.5. The molecule has 2 saturated heterocycles. The van der Waals surface area contributed by atoms with Crippen molar-refractivity contribution in [1.29, 1.82) is 0 Å². The Bertz CT molecular complexity index is 2420. The molecule has 5 aromatic rings. The number of amides is 2. The van der Waals surface area contributed by atoms with Gasteiger partial charge in [-0.2, -0.15) is 0 Å². The van der Waals surface area contributed by atoms with Crippen LogP contribution in [0.15, 0.2) is 59.7 Å². The summed E-state index contributed by atoms with van der Waals surface area (Å²) >= 11 is 1.67. The van der Waals surface area contributed by atoms with Crippen LogP contribution in [0.4, 0.5) is 9.18 Å². The molecule has 4 aliphatic heterocycles. The third kappa shape index (κ3) is 7.27. The second kappa shape index (κ2) is 16.1. The summed E-state index contributed by atoms with van der Waals surface area (Å²) in [5.41, 5.74) is 4.77. The maximum atomic E-state index is 16.8. The van der Waals surface area contributed by atoms with E-state index in [0.717, 1.165) is 77.2 Å². The number of halogens is 1. The van der Waals surface area contributed by atoms with Crippen molar-refractivity contribution >= 4 is 40.1 Å². The highest BCUT2D eigenvalue weighted by Crippen LogP contribution is 2.48. The number of nitrogens with zero attached hydrogens (tertiary/aromatic N) is 5. The average Bonchev–Trinajstić information content (AvgIpc) is 4.08. The summed E-state index contributed by atoms with van der Waals surface area (Å²) in [5.74, 6) is 1.44. The van der Waals surface area contributed by atoms with Gasteiger partial charge in [-0.15, -0.1) is 11.3 Å². The van der Waals surface area contributed by atoms with E-state index in [-0.39, 0.29) is 35.8 Å². The number of aliphatic imine (C=N–C) groups is 1. The normalized spacial score (nSPS) is 21.9. The van der Waals surface area contributed by atoms with Gasteiger partial charge >= 0.3 is 6.09 Å². The Labute approximate surface area is 346 Å². The molecular formula is C44H51FN8O5S. The van der Waals surface area contributed by atoms with Gasteiger partial charge in [0.1, 0.15) is 29.3 Å². The fraction of sp³-hybridized carbons (Fsp3) is 0.455. The van der Waals surface area contributed by atoms with Crippen molar-refractivity contribution in [3.05, 3.63) is 81.7 Å². The van der Waals surface area contributed by atoms with Crippen LogP contribution in [0.3, 0.4) is 0 Å². The SMILES string of the molecule is COCCc1ccc(C2Oc3cc(C4CN=C([C@@H]5CCCN5C(=O)C(NC(=O)OC)C(C)C)N4)cc(F)c3-c3cc4cc(-c5cnc(C6CCCN6C)[nH]5)ccc4n32)s1. The fourth-order valence-corrected chi connectivity index (χ4v) is 10.2. The van der Waals surface area contributed by atoms with Crippen LogP contribution in [0.2, 0.25) is 0 Å². The van der Waals surface area contributed by atoms with Crippen LogP contribution in [-0.4, -0.2) is 102 Å². The van der Waals surface area contributed by atoms with E-state index in [4.69, 9.17) is 24.2 Å². The molecule has 2 amide bonds. The second-order valence-electron chi connectivity index (χ2n) is 16.4. The number of ether oxygens (including phenoxy) is 3. The molecule has 0 aliphatic carbocycles. The van der Waals surface area contributed by atoms with E-state index in [2.05, 4.69) is 68.5 Å². The molecule has 3 aromatic heterocycles. The van der Waals surface area contributed by atoms with Crippen LogP contribution in [0.25, 0.3) is 33.4 Å². The molecule has 9 rings (SSSR count). The molecule has 2 aromatic carbocycles. The minimum Gasteiger partial charge on any atom is -0.464 e. The van der Waals surface area contributed by atoms with Gasteiger partial charge in [0.2, 0.25) is 12.1 Å². The number of rotatable bonds is 11. The maximum absolute atomic E-state index is 16.8. The Morgan fingerprint density at radius 3 is 2.68 bits per heavy atom. The zero-order valence-corrected chi connectivity index (χ0v) is 34.9. The minimum atomic E-state index is -0.732. The Kier molecular flexibility index (Phi) is 10.7. The Balaban J connectivity index is 1.03. The summed E-state index contributed by atoms with van der Waals surface area (Å²) in [6.45, 7) is 6.40. The number of fused-ring (bicyclic) bond motifs is 5. The fourth-order valence-electron chi connectivity index (χ4n) is 9.17. The van der Waals surface area contributed by atoms with Gasteiger partial charge in [-0.25, -0.2) is 14.2 Å². The van der Waals surface area contributed by atoms with Crippen LogP contribution in [0.5, 0.6) is 5.75 Å². The third-order valence-electron chi connectivity index (χ3n) is 12.3. The number of carbonyl (C=O) groups is 2. The first kappa shape index (κ1) is 39.2. The molecule has 0 bridgehead atoms. The number of alkyl carbamates (subject to hydrolysis) is 1. The topological polar surface area (TPSA) is 138 Å². The number of hydrogen-bond donors (Lipinski definition) is 3. The number of nitrogens with one attached hydrogen (secondary N) is 3. The lowest BCUT2D eigenvalue weighted by Gasteiger charge is -2.31. The molecule has 0 saturated carbocycles. The number of aromatic nitrogens is 3. The number of thiophene rings is 1. The summed E-state index contributed by atoms with van der Waals surface area (Å²) in [6, 6.07) is 15.1. The van der Waals surface area contributed by atoms with Crippen molar-refractivity contribution in [3.8, 4) is 28.3 Å². The van der Waals surface area contributed by atoms with Crippen LogP contribution in [-0.2, 0) is 20.7 Å². The summed E-state index contributed by atoms with van der Waals surface area (Å²) in [4.78, 5) is 45.4. The van der Waals surface area contributed by atoms with Crippen LogP contribution >= 0.6 is 11.3 Å². The predicted molar refractivity (Wildman–Crippen MR) is 225 cm³/mol. The van der Waals surface area contributed by atoms with Crippen molar-refractivity contribution in [1.82, 2.24) is 35.0 Å². The lowest BCUT2D eigenvalue weighted by molar-refractivity contribution is -0.134. The quantitative estimate of drug-likeness (QED) is 0.127. The Morgan fingerprint density at radius 1 is 1.07 bits per heavy atom. The molecule has 59 heavy (non-hydrogen) atoms. The van der Waals surface area contributed by atoms with E-state index >= 15 is 4.39 Å². The summed E-state index contributed by atoms with van der Waals surface area (Å²) in [6.07, 6.45) is 5.31. The Morgan fingerprint density at radius 2 is 1.90 bits per heavy atom. The first-order valence-electron chi connectivity index (χ1n) is 20.6. The van der Waals surface area contributed by atoms with Crippen molar-refractivity contribution in [2.45, 2.75) is 76.3 Å². The molecule has 5 atom stereocenters. The number of H-pyrrole nitrogens is 1. The van der Waals surface area contributed by atoms with Gasteiger partial charge in [-0.3, -0.25) is 19.3 Å². The van der Waals surface area contributed by atoms with Crippen LogP contribution in [0.1, 0.15) is 79.0 Å². The maximum Gasteiger partial charge on any atom is 0.407 e. The second-order valence-corrected chi connectivity index (χ2v) is 17.6. The molecule has 2 fully saturated rings. The van der Waals surface area contributed by atoms with Gasteiger partial charge in [0, 0.05) is 35.9 Å². The highest BCUT2D eigenvalue weighted by Gasteiger charge is 2.40. The van der Waals surface area contributed by atoms with Gasteiger partial charge < -0.3 is 34.7 Å². The molecule has 3 N–H and O–H groups in total. The molecule has 0 radical (unpaired) electrons. The number of methoxy groups -OCH3 is 2. The first-order valence-corrected chi connectivity index (χ1v) is 21.4. The first-order chi connectivity index (χ1) is 28.6. The number of imidazole rings is 1. The minimum absolute atomic E-state index is 0.142. The zero-order chi connectivity index (χ0) is 40.9. The smallest absolute Gasteiger partial charge is 0.407 e. The summed E-state index contributed by atoms with van der Waals surface area (Å²) < 4.78 is 35.9. The van der Waals surface area contributed by atoms with Gasteiger partial charge in [0.25, 0.3) is 0 Å². The number of benzene rings is 2. The largest absolute Gasteiger partial charge is 0.464 e. The molecule has 15 heteroatoms. The van der Waals surface area contributed by atoms with Crippen molar-refractivity contribution < 1.29 is 28.2 Å². The molecular weight excluding hydrogens is 772 g/mol. The highest BCUT2D eigenvalue weighted by atomic mass is 32.1. The molecule has 7 heterocycles. The summed E-state index contributed by atoms with van der Waals surface area (Å²) in [5, 5.41) is 7.21. The van der Waals surface area contributed by atoms with Gasteiger partial charge in [0.05, 0.1) is 71.9 Å². The van der Waals surface area contributed by atoms with Crippen LogP contribution in [0, 0.1) is 11.7 Å². The van der Waals surface area contributed by atoms with Crippen LogP contribution < -0.4 is 15.4 Å². The zero-order valence-electron chi connectivity index (χ0n) is 34.1. The number of likely N-dealkylation sites (tertiary alicyclic amines) is 2. The average molecular weight is 823 g/mol. The summed E-state index contributed by atoms with van der Waals surface area (Å²) in [7, 11) is 5.13. The van der Waals surface area contributed by atoms with Gasteiger partial charge in [-0.05, 0) is 93.2 Å². The number of amidine groups is 1. The number of hydrogen-bond acceptors (Lipinski definition) is 10. The van der Waals surface area contributed by atoms with E-state index < -0.39 is 18.4 Å². The van der Waals surface area contributed by atoms with Crippen molar-refractivity contribution in [3.63, 3.8) is 0 Å². The van der Waals surface area contributed by atoms with E-state index in [1.165, 1.54) is 12.0 Å². The molecule has 4 aliphatic rings. The number of carbonyl (C=O) groups excluding carboxylic acids is 2. The van der Waals surface area contributed by atoms with Gasteiger partial charge in [-0.1, -0.05) is 19.9 Å². The van der Waals surface area contributed by atoms with Crippen molar-refractivity contribution in [2.24, 2.45) is 10.9 Å². The predicted octanol–water partition coefficient (Wildman–Crippen LogP) is 7.21. The molecule has 13 nitrogen and oxygen atoms in total. The van der Waals surface area contributed by atoms with E-state index in [0.29, 0.717) is 42.4 Å². The Hall–Kier alpha value is -5.25. The molecule has 0 spiro atoms. The van der Waals surface area contributed by atoms with E-state index in [1.807, 2.05) is 26.1 Å².